The number of nitrogens with one attached hydrogen (secondary N) is 1. The van der Waals surface area contributed by atoms with Gasteiger partial charge in [-0.05, 0) is 54.0 Å². The van der Waals surface area contributed by atoms with Gasteiger partial charge in [0.15, 0.2) is 5.82 Å². The molecular weight excluding hydrogens is 312 g/mol. The van der Waals surface area contributed by atoms with E-state index in [1.54, 1.807) is 4.68 Å². The van der Waals surface area contributed by atoms with E-state index in [0.29, 0.717) is 6.54 Å². The zero-order valence-electron chi connectivity index (χ0n) is 14.2. The van der Waals surface area contributed by atoms with Crippen LogP contribution in [0.2, 0.25) is 0 Å². The van der Waals surface area contributed by atoms with Gasteiger partial charge in [0.2, 0.25) is 0 Å². The van der Waals surface area contributed by atoms with Crippen LogP contribution in [0.4, 0.5) is 11.4 Å². The summed E-state index contributed by atoms with van der Waals surface area (Å²) >= 11 is 0. The number of nitrogens with zero attached hydrogens (tertiary/aromatic N) is 5. The normalized spacial score (nSPS) is 14.5. The summed E-state index contributed by atoms with van der Waals surface area (Å²) in [5.41, 5.74) is 3.36. The second-order valence-electron chi connectivity index (χ2n) is 6.26. The van der Waals surface area contributed by atoms with Crippen molar-refractivity contribution in [3.8, 4) is 5.69 Å². The highest BCUT2D eigenvalue weighted by Gasteiger charge is 2.15. The minimum absolute atomic E-state index is 0.576. The van der Waals surface area contributed by atoms with E-state index in [0.717, 1.165) is 30.3 Å². The monoisotopic (exact) mass is 334 g/mol. The van der Waals surface area contributed by atoms with Gasteiger partial charge >= 0.3 is 0 Å². The SMILES string of the molecule is c1ccc(-n2nnnc2CNc2ccccc2N2CCCCC2)cc1. The molecule has 1 aromatic heterocycles. The Morgan fingerprint density at radius 1 is 0.880 bits per heavy atom. The van der Waals surface area contributed by atoms with Crippen LogP contribution in [0.1, 0.15) is 25.1 Å². The molecule has 6 heteroatoms. The molecule has 0 atom stereocenters. The second-order valence-corrected chi connectivity index (χ2v) is 6.26. The van der Waals surface area contributed by atoms with Gasteiger partial charge < -0.3 is 10.2 Å². The Morgan fingerprint density at radius 3 is 2.48 bits per heavy atom. The molecule has 25 heavy (non-hydrogen) atoms. The smallest absolute Gasteiger partial charge is 0.175 e. The van der Waals surface area contributed by atoms with Crippen LogP contribution < -0.4 is 10.2 Å². The van der Waals surface area contributed by atoms with Gasteiger partial charge in [0.1, 0.15) is 0 Å². The minimum atomic E-state index is 0.576. The van der Waals surface area contributed by atoms with Crippen molar-refractivity contribution in [3.05, 3.63) is 60.4 Å². The number of hydrogen-bond donors (Lipinski definition) is 1. The number of rotatable bonds is 5. The molecule has 128 valence electrons. The number of para-hydroxylation sites is 3. The van der Waals surface area contributed by atoms with Gasteiger partial charge in [0.25, 0.3) is 0 Å². The lowest BCUT2D eigenvalue weighted by Gasteiger charge is -2.30. The minimum Gasteiger partial charge on any atom is -0.376 e. The van der Waals surface area contributed by atoms with E-state index < -0.39 is 0 Å². The van der Waals surface area contributed by atoms with Crippen molar-refractivity contribution in [3.63, 3.8) is 0 Å². The standard InChI is InChI=1S/C19H22N6/c1-3-9-16(10-4-1)25-19(21-22-23-25)15-20-17-11-5-6-12-18(17)24-13-7-2-8-14-24/h1,3-6,9-12,20H,2,7-8,13-15H2. The van der Waals surface area contributed by atoms with Gasteiger partial charge in [-0.1, -0.05) is 30.3 Å². The van der Waals surface area contributed by atoms with Gasteiger partial charge in [0.05, 0.1) is 23.6 Å². The molecule has 0 radical (unpaired) electrons. The first-order valence-electron chi connectivity index (χ1n) is 8.82. The Balaban J connectivity index is 1.52. The molecule has 3 aromatic rings. The molecule has 0 aliphatic carbocycles. The molecule has 2 heterocycles. The fourth-order valence-corrected chi connectivity index (χ4v) is 3.29. The van der Waals surface area contributed by atoms with Gasteiger partial charge in [-0.15, -0.1) is 5.10 Å². The summed E-state index contributed by atoms with van der Waals surface area (Å²) in [6.45, 7) is 2.83. The van der Waals surface area contributed by atoms with Crippen LogP contribution in [0.5, 0.6) is 0 Å². The highest BCUT2D eigenvalue weighted by atomic mass is 15.5. The molecule has 0 bridgehead atoms. The van der Waals surface area contributed by atoms with Crippen LogP contribution in [0.25, 0.3) is 5.69 Å². The average Bonchev–Trinajstić information content (AvgIpc) is 3.17. The van der Waals surface area contributed by atoms with Crippen molar-refractivity contribution in [2.45, 2.75) is 25.8 Å². The summed E-state index contributed by atoms with van der Waals surface area (Å²) in [5.74, 6) is 0.791. The first kappa shape index (κ1) is 15.6. The van der Waals surface area contributed by atoms with Gasteiger partial charge in [-0.2, -0.15) is 4.68 Å². The molecule has 0 saturated carbocycles. The Morgan fingerprint density at radius 2 is 1.64 bits per heavy atom. The third-order valence-corrected chi connectivity index (χ3v) is 4.57. The zero-order valence-corrected chi connectivity index (χ0v) is 14.2. The zero-order chi connectivity index (χ0) is 16.9. The van der Waals surface area contributed by atoms with Crippen LogP contribution in [0, 0.1) is 0 Å². The summed E-state index contributed by atoms with van der Waals surface area (Å²) in [5, 5.41) is 15.6. The first-order valence-corrected chi connectivity index (χ1v) is 8.82. The lowest BCUT2D eigenvalue weighted by molar-refractivity contribution is 0.578. The van der Waals surface area contributed by atoms with Gasteiger partial charge in [-0.3, -0.25) is 0 Å². The number of benzene rings is 2. The molecule has 1 aliphatic heterocycles. The Labute approximate surface area is 147 Å². The summed E-state index contributed by atoms with van der Waals surface area (Å²) < 4.78 is 1.77. The van der Waals surface area contributed by atoms with E-state index in [4.69, 9.17) is 0 Å². The molecule has 1 N–H and O–H groups in total. The van der Waals surface area contributed by atoms with Crippen LogP contribution >= 0.6 is 0 Å². The quantitative estimate of drug-likeness (QED) is 0.776. The maximum Gasteiger partial charge on any atom is 0.175 e. The molecular formula is C19H22N6. The topological polar surface area (TPSA) is 58.9 Å². The van der Waals surface area contributed by atoms with Crippen LogP contribution in [-0.2, 0) is 6.54 Å². The molecule has 0 spiro atoms. The number of aromatic nitrogens is 4. The summed E-state index contributed by atoms with van der Waals surface area (Å²) in [7, 11) is 0. The third kappa shape index (κ3) is 3.47. The maximum atomic E-state index is 4.18. The first-order chi connectivity index (χ1) is 12.4. The van der Waals surface area contributed by atoms with E-state index in [9.17, 15) is 0 Å². The van der Waals surface area contributed by atoms with E-state index in [1.165, 1.54) is 24.9 Å². The maximum absolute atomic E-state index is 4.18. The van der Waals surface area contributed by atoms with Crippen molar-refractivity contribution in [1.82, 2.24) is 20.2 Å². The lowest BCUT2D eigenvalue weighted by Crippen LogP contribution is -2.30. The molecule has 1 fully saturated rings. The average molecular weight is 334 g/mol. The van der Waals surface area contributed by atoms with Crippen molar-refractivity contribution in [1.29, 1.82) is 0 Å². The Kier molecular flexibility index (Phi) is 4.59. The molecule has 6 nitrogen and oxygen atoms in total. The van der Waals surface area contributed by atoms with Crippen molar-refractivity contribution >= 4 is 11.4 Å². The molecule has 4 rings (SSSR count). The van der Waals surface area contributed by atoms with Crippen molar-refractivity contribution in [2.75, 3.05) is 23.3 Å². The van der Waals surface area contributed by atoms with Crippen molar-refractivity contribution in [2.24, 2.45) is 0 Å². The van der Waals surface area contributed by atoms with Gasteiger partial charge in [0, 0.05) is 13.1 Å². The Hall–Kier alpha value is -2.89. The van der Waals surface area contributed by atoms with E-state index >= 15 is 0 Å². The molecule has 0 unspecified atom stereocenters. The summed E-state index contributed by atoms with van der Waals surface area (Å²) in [6.07, 6.45) is 3.86. The van der Waals surface area contributed by atoms with Crippen LogP contribution in [0.3, 0.4) is 0 Å². The summed E-state index contributed by atoms with van der Waals surface area (Å²) in [6, 6.07) is 18.4. The predicted molar refractivity (Wildman–Crippen MR) is 99.0 cm³/mol. The van der Waals surface area contributed by atoms with E-state index in [1.807, 2.05) is 30.3 Å². The number of piperidine rings is 1. The number of tetrazole rings is 1. The fourth-order valence-electron chi connectivity index (χ4n) is 3.29. The fraction of sp³-hybridized carbons (Fsp3) is 0.316. The molecule has 2 aromatic carbocycles. The molecule has 0 amide bonds. The lowest BCUT2D eigenvalue weighted by atomic mass is 10.1. The van der Waals surface area contributed by atoms with Gasteiger partial charge in [-0.25, -0.2) is 0 Å². The highest BCUT2D eigenvalue weighted by Crippen LogP contribution is 2.28. The highest BCUT2D eigenvalue weighted by molar-refractivity contribution is 5.70. The van der Waals surface area contributed by atoms with Crippen LogP contribution in [0.15, 0.2) is 54.6 Å². The predicted octanol–water partition coefficient (Wildman–Crippen LogP) is 3.26. The van der Waals surface area contributed by atoms with E-state index in [-0.39, 0.29) is 0 Å². The van der Waals surface area contributed by atoms with E-state index in [2.05, 4.69) is 50.0 Å². The third-order valence-electron chi connectivity index (χ3n) is 4.57. The van der Waals surface area contributed by atoms with Crippen LogP contribution in [-0.4, -0.2) is 33.3 Å². The largest absolute Gasteiger partial charge is 0.376 e. The summed E-state index contributed by atoms with van der Waals surface area (Å²) in [4.78, 5) is 2.46. The van der Waals surface area contributed by atoms with Crippen molar-refractivity contribution < 1.29 is 0 Å². The molecule has 1 saturated heterocycles. The molecule has 1 aliphatic rings. The second kappa shape index (κ2) is 7.34. The number of hydrogen-bond acceptors (Lipinski definition) is 5. The Bertz CT molecular complexity index is 808. The number of anilines is 2.